The zero-order valence-corrected chi connectivity index (χ0v) is 15.9. The molecule has 8 heteroatoms. The predicted octanol–water partition coefficient (Wildman–Crippen LogP) is 3.98. The van der Waals surface area contributed by atoms with E-state index in [1.165, 1.54) is 29.2 Å². The number of furan rings is 1. The lowest BCUT2D eigenvalue weighted by atomic mass is 10.2. The number of likely N-dealkylation sites (N-methyl/N-ethyl adjacent to an activating group) is 1. The van der Waals surface area contributed by atoms with Gasteiger partial charge in [0.2, 0.25) is 5.91 Å². The third-order valence-electron chi connectivity index (χ3n) is 4.57. The van der Waals surface area contributed by atoms with Crippen LogP contribution in [0.25, 0.3) is 11.0 Å². The van der Waals surface area contributed by atoms with Crippen LogP contribution in [0.5, 0.6) is 5.75 Å². The number of halogens is 2. The second kappa shape index (κ2) is 8.72. The summed E-state index contributed by atoms with van der Waals surface area (Å²) >= 11 is 0. The van der Waals surface area contributed by atoms with Gasteiger partial charge in [-0.3, -0.25) is 9.59 Å². The van der Waals surface area contributed by atoms with Crippen molar-refractivity contribution in [1.29, 1.82) is 0 Å². The number of benzene rings is 2. The first kappa shape index (κ1) is 20.3. The Morgan fingerprint density at radius 2 is 1.83 bits per heavy atom. The summed E-state index contributed by atoms with van der Waals surface area (Å²) in [5, 5.41) is 3.47. The number of carbonyl (C=O) groups excluding carboxylic acids is 2. The fourth-order valence-electron chi connectivity index (χ4n) is 2.79. The number of rotatable bonds is 7. The van der Waals surface area contributed by atoms with Crippen molar-refractivity contribution in [3.8, 4) is 5.75 Å². The molecule has 3 rings (SSSR count). The number of para-hydroxylation sites is 1. The van der Waals surface area contributed by atoms with Crippen LogP contribution >= 0.6 is 0 Å². The summed E-state index contributed by atoms with van der Waals surface area (Å²) < 4.78 is 34.3. The van der Waals surface area contributed by atoms with Gasteiger partial charge in [-0.05, 0) is 43.3 Å². The monoisotopic (exact) mass is 402 g/mol. The van der Waals surface area contributed by atoms with Crippen LogP contribution in [0.15, 0.2) is 59.0 Å². The molecule has 0 spiro atoms. The average Bonchev–Trinajstić information content (AvgIpc) is 3.15. The third-order valence-corrected chi connectivity index (χ3v) is 4.57. The standard InChI is InChI=1S/C21H20F2N2O4/c1-13(18-11-15-5-3-4-6-17(15)29-18)25(2)19(26)12-24-20(27)14-7-9-16(10-8-14)28-21(22)23/h3-11,13,21H,12H2,1-2H3,(H,24,27). The lowest BCUT2D eigenvalue weighted by molar-refractivity contribution is -0.131. The van der Waals surface area contributed by atoms with Crippen LogP contribution in [-0.4, -0.2) is 36.9 Å². The molecule has 1 heterocycles. The van der Waals surface area contributed by atoms with Gasteiger partial charge in [-0.15, -0.1) is 0 Å². The molecule has 3 aromatic rings. The Labute approximate surface area is 166 Å². The molecule has 0 aliphatic heterocycles. The van der Waals surface area contributed by atoms with E-state index >= 15 is 0 Å². The second-order valence-electron chi connectivity index (χ2n) is 6.45. The Morgan fingerprint density at radius 1 is 1.14 bits per heavy atom. The zero-order valence-electron chi connectivity index (χ0n) is 15.9. The van der Waals surface area contributed by atoms with Crippen molar-refractivity contribution in [2.45, 2.75) is 19.6 Å². The Kier molecular flexibility index (Phi) is 6.11. The van der Waals surface area contributed by atoms with Gasteiger partial charge in [0.15, 0.2) is 0 Å². The minimum atomic E-state index is -2.93. The molecule has 0 bridgehead atoms. The van der Waals surface area contributed by atoms with E-state index in [1.54, 1.807) is 7.05 Å². The Morgan fingerprint density at radius 3 is 2.48 bits per heavy atom. The van der Waals surface area contributed by atoms with Gasteiger partial charge in [-0.25, -0.2) is 0 Å². The van der Waals surface area contributed by atoms with Crippen molar-refractivity contribution in [3.63, 3.8) is 0 Å². The molecular weight excluding hydrogens is 382 g/mol. The number of hydrogen-bond donors (Lipinski definition) is 1. The quantitative estimate of drug-likeness (QED) is 0.649. The smallest absolute Gasteiger partial charge is 0.387 e. The zero-order chi connectivity index (χ0) is 21.0. The van der Waals surface area contributed by atoms with Gasteiger partial charge in [-0.2, -0.15) is 8.78 Å². The van der Waals surface area contributed by atoms with E-state index in [2.05, 4.69) is 10.1 Å². The first-order chi connectivity index (χ1) is 13.8. The SMILES string of the molecule is CC(c1cc2ccccc2o1)N(C)C(=O)CNC(=O)c1ccc(OC(F)F)cc1. The molecule has 0 aliphatic carbocycles. The van der Waals surface area contributed by atoms with Crippen molar-refractivity contribution in [1.82, 2.24) is 10.2 Å². The second-order valence-corrected chi connectivity index (χ2v) is 6.45. The molecule has 0 aliphatic rings. The predicted molar refractivity (Wildman–Crippen MR) is 103 cm³/mol. The van der Waals surface area contributed by atoms with Gasteiger partial charge in [0.25, 0.3) is 5.91 Å². The highest BCUT2D eigenvalue weighted by Gasteiger charge is 2.21. The van der Waals surface area contributed by atoms with E-state index in [0.29, 0.717) is 5.76 Å². The van der Waals surface area contributed by atoms with Gasteiger partial charge in [-0.1, -0.05) is 18.2 Å². The maximum Gasteiger partial charge on any atom is 0.387 e. The number of nitrogens with zero attached hydrogens (tertiary/aromatic N) is 1. The molecule has 29 heavy (non-hydrogen) atoms. The van der Waals surface area contributed by atoms with Crippen LogP contribution in [0.1, 0.15) is 29.1 Å². The lowest BCUT2D eigenvalue weighted by Crippen LogP contribution is -2.39. The highest BCUT2D eigenvalue weighted by atomic mass is 19.3. The molecule has 0 saturated carbocycles. The summed E-state index contributed by atoms with van der Waals surface area (Å²) in [7, 11) is 1.63. The highest BCUT2D eigenvalue weighted by Crippen LogP contribution is 2.26. The van der Waals surface area contributed by atoms with Crippen molar-refractivity contribution >= 4 is 22.8 Å². The largest absolute Gasteiger partial charge is 0.459 e. The maximum atomic E-state index is 12.5. The van der Waals surface area contributed by atoms with E-state index in [1.807, 2.05) is 37.3 Å². The van der Waals surface area contributed by atoms with Gasteiger partial charge in [0.1, 0.15) is 17.1 Å². The fraction of sp³-hybridized carbons (Fsp3) is 0.238. The Balaban J connectivity index is 1.57. The molecule has 0 saturated heterocycles. The number of fused-ring (bicyclic) bond motifs is 1. The molecule has 2 aromatic carbocycles. The summed E-state index contributed by atoms with van der Waals surface area (Å²) in [5.74, 6) is -0.203. The Bertz CT molecular complexity index is 968. The van der Waals surface area contributed by atoms with E-state index < -0.39 is 12.5 Å². The average molecular weight is 402 g/mol. The highest BCUT2D eigenvalue weighted by molar-refractivity contribution is 5.96. The summed E-state index contributed by atoms with van der Waals surface area (Å²) in [6.45, 7) is -1.31. The van der Waals surface area contributed by atoms with E-state index in [-0.39, 0.29) is 29.8 Å². The van der Waals surface area contributed by atoms with Crippen LogP contribution in [0.2, 0.25) is 0 Å². The van der Waals surface area contributed by atoms with Crippen LogP contribution in [0.4, 0.5) is 8.78 Å². The number of alkyl halides is 2. The van der Waals surface area contributed by atoms with E-state index in [4.69, 9.17) is 4.42 Å². The number of carbonyl (C=O) groups is 2. The van der Waals surface area contributed by atoms with Gasteiger partial charge < -0.3 is 19.4 Å². The number of ether oxygens (including phenoxy) is 1. The first-order valence-electron chi connectivity index (χ1n) is 8.92. The normalized spacial score (nSPS) is 12.0. The van der Waals surface area contributed by atoms with Crippen molar-refractivity contribution in [3.05, 3.63) is 65.9 Å². The van der Waals surface area contributed by atoms with E-state index in [9.17, 15) is 18.4 Å². The molecule has 0 fully saturated rings. The maximum absolute atomic E-state index is 12.5. The summed E-state index contributed by atoms with van der Waals surface area (Å²) in [5.41, 5.74) is 0.968. The number of hydrogen-bond acceptors (Lipinski definition) is 4. The van der Waals surface area contributed by atoms with Crippen LogP contribution in [0, 0.1) is 0 Å². The van der Waals surface area contributed by atoms with Gasteiger partial charge in [0, 0.05) is 18.0 Å². The van der Waals surface area contributed by atoms with E-state index in [0.717, 1.165) is 11.0 Å². The van der Waals surface area contributed by atoms with Gasteiger partial charge >= 0.3 is 6.61 Å². The van der Waals surface area contributed by atoms with Crippen LogP contribution in [-0.2, 0) is 4.79 Å². The lowest BCUT2D eigenvalue weighted by Gasteiger charge is -2.23. The molecule has 1 atom stereocenters. The number of nitrogens with one attached hydrogen (secondary N) is 1. The summed E-state index contributed by atoms with van der Waals surface area (Å²) in [6.07, 6.45) is 0. The van der Waals surface area contributed by atoms with Crippen molar-refractivity contribution in [2.75, 3.05) is 13.6 Å². The van der Waals surface area contributed by atoms with Gasteiger partial charge in [0.05, 0.1) is 12.6 Å². The van der Waals surface area contributed by atoms with Crippen LogP contribution in [0.3, 0.4) is 0 Å². The molecule has 0 radical (unpaired) electrons. The molecule has 6 nitrogen and oxygen atoms in total. The molecule has 152 valence electrons. The molecule has 1 unspecified atom stereocenters. The summed E-state index contributed by atoms with van der Waals surface area (Å²) in [6, 6.07) is 14.3. The van der Waals surface area contributed by atoms with Crippen LogP contribution < -0.4 is 10.1 Å². The molecule has 1 aromatic heterocycles. The molecule has 1 N–H and O–H groups in total. The minimum Gasteiger partial charge on any atom is -0.459 e. The topological polar surface area (TPSA) is 71.8 Å². The van der Waals surface area contributed by atoms with Crippen molar-refractivity contribution < 1.29 is 27.5 Å². The molecular formula is C21H20F2N2O4. The van der Waals surface area contributed by atoms with Crippen molar-refractivity contribution in [2.24, 2.45) is 0 Å². The fourth-order valence-corrected chi connectivity index (χ4v) is 2.79. The Hall–Kier alpha value is -3.42. The number of amides is 2. The summed E-state index contributed by atoms with van der Waals surface area (Å²) in [4.78, 5) is 26.1. The minimum absolute atomic E-state index is 0.0491. The molecule has 2 amide bonds. The first-order valence-corrected chi connectivity index (χ1v) is 8.92. The third kappa shape index (κ3) is 4.90.